The quantitative estimate of drug-likeness (QED) is 0.790. The molecule has 0 aromatic heterocycles. The predicted molar refractivity (Wildman–Crippen MR) is 56.7 cm³/mol. The summed E-state index contributed by atoms with van der Waals surface area (Å²) in [7, 11) is 0. The molecular formula is C11H18F3NO2. The molecule has 1 atom stereocenters. The minimum atomic E-state index is -4.27. The summed E-state index contributed by atoms with van der Waals surface area (Å²) in [6.07, 6.45) is -2.48. The van der Waals surface area contributed by atoms with Crippen LogP contribution >= 0.6 is 0 Å². The van der Waals surface area contributed by atoms with Gasteiger partial charge in [-0.15, -0.1) is 0 Å². The Balaban J connectivity index is 2.69. The lowest BCUT2D eigenvalue weighted by atomic mass is 9.87. The minimum Gasteiger partial charge on any atom is -0.481 e. The molecule has 0 amide bonds. The summed E-state index contributed by atoms with van der Waals surface area (Å²) in [6, 6.07) is -0.0955. The summed E-state index contributed by atoms with van der Waals surface area (Å²) in [6.45, 7) is 2.14. The van der Waals surface area contributed by atoms with Crippen molar-refractivity contribution in [3.8, 4) is 0 Å². The molecule has 0 aromatic carbocycles. The van der Waals surface area contributed by atoms with Crippen molar-refractivity contribution in [2.45, 2.75) is 45.3 Å². The van der Waals surface area contributed by atoms with Gasteiger partial charge in [-0.2, -0.15) is 13.2 Å². The third-order valence-corrected chi connectivity index (χ3v) is 3.29. The molecular weight excluding hydrogens is 235 g/mol. The Hall–Kier alpha value is -0.780. The van der Waals surface area contributed by atoms with Crippen LogP contribution in [0, 0.1) is 5.41 Å². The van der Waals surface area contributed by atoms with E-state index < -0.39 is 24.1 Å². The van der Waals surface area contributed by atoms with Crippen molar-refractivity contribution in [3.63, 3.8) is 0 Å². The van der Waals surface area contributed by atoms with Gasteiger partial charge in [-0.1, -0.05) is 6.92 Å². The molecule has 3 nitrogen and oxygen atoms in total. The molecule has 1 rings (SSSR count). The van der Waals surface area contributed by atoms with E-state index in [0.717, 1.165) is 12.8 Å². The monoisotopic (exact) mass is 253 g/mol. The normalized spacial score (nSPS) is 20.4. The molecule has 1 aliphatic rings. The van der Waals surface area contributed by atoms with Crippen LogP contribution < -0.4 is 0 Å². The number of carboxylic acid groups (broad SMARTS) is 1. The first-order valence-corrected chi connectivity index (χ1v) is 5.72. The van der Waals surface area contributed by atoms with E-state index >= 15 is 0 Å². The summed E-state index contributed by atoms with van der Waals surface area (Å²) in [5, 5.41) is 9.07. The molecule has 0 aliphatic heterocycles. The summed E-state index contributed by atoms with van der Waals surface area (Å²) in [5.41, 5.74) is -1.10. The van der Waals surface area contributed by atoms with Crippen LogP contribution in [0.15, 0.2) is 0 Å². The van der Waals surface area contributed by atoms with E-state index in [1.54, 1.807) is 6.92 Å². The zero-order valence-corrected chi connectivity index (χ0v) is 10.0. The lowest BCUT2D eigenvalue weighted by Crippen LogP contribution is -2.45. The SMILES string of the molecule is CCC(C)(CN(CC(F)(F)F)C1CC1)C(=O)O. The van der Waals surface area contributed by atoms with Gasteiger partial charge in [-0.25, -0.2) is 0 Å². The van der Waals surface area contributed by atoms with E-state index in [1.807, 2.05) is 0 Å². The number of nitrogens with zero attached hydrogens (tertiary/aromatic N) is 1. The molecule has 1 saturated carbocycles. The van der Waals surface area contributed by atoms with Gasteiger partial charge in [0.25, 0.3) is 0 Å². The Morgan fingerprint density at radius 3 is 2.18 bits per heavy atom. The first-order valence-electron chi connectivity index (χ1n) is 5.72. The number of hydrogen-bond donors (Lipinski definition) is 1. The standard InChI is InChI=1S/C11H18F3NO2/c1-3-10(2,9(16)17)6-15(8-4-5-8)7-11(12,13)14/h8H,3-7H2,1-2H3,(H,16,17). The lowest BCUT2D eigenvalue weighted by molar-refractivity contribution is -0.160. The third-order valence-electron chi connectivity index (χ3n) is 3.29. The Morgan fingerprint density at radius 2 is 1.88 bits per heavy atom. The van der Waals surface area contributed by atoms with Crippen LogP contribution in [-0.4, -0.2) is 41.3 Å². The fourth-order valence-electron chi connectivity index (χ4n) is 1.76. The second kappa shape index (κ2) is 4.84. The van der Waals surface area contributed by atoms with Gasteiger partial charge >= 0.3 is 12.1 Å². The number of hydrogen-bond acceptors (Lipinski definition) is 2. The summed E-state index contributed by atoms with van der Waals surface area (Å²) in [4.78, 5) is 12.4. The zero-order valence-electron chi connectivity index (χ0n) is 10.0. The molecule has 1 aliphatic carbocycles. The molecule has 0 saturated heterocycles. The largest absolute Gasteiger partial charge is 0.481 e. The van der Waals surface area contributed by atoms with E-state index in [-0.39, 0.29) is 12.6 Å². The molecule has 1 fully saturated rings. The second-order valence-electron chi connectivity index (χ2n) is 4.97. The van der Waals surface area contributed by atoms with Gasteiger partial charge in [-0.05, 0) is 26.2 Å². The number of carbonyl (C=O) groups is 1. The van der Waals surface area contributed by atoms with E-state index in [4.69, 9.17) is 5.11 Å². The zero-order chi connectivity index (χ0) is 13.3. The Kier molecular flexibility index (Phi) is 4.06. The van der Waals surface area contributed by atoms with Crippen molar-refractivity contribution in [1.82, 2.24) is 4.90 Å². The van der Waals surface area contributed by atoms with Gasteiger partial charge < -0.3 is 5.11 Å². The van der Waals surface area contributed by atoms with Gasteiger partial charge in [0.2, 0.25) is 0 Å². The highest BCUT2D eigenvalue weighted by Gasteiger charge is 2.43. The molecule has 6 heteroatoms. The fourth-order valence-corrected chi connectivity index (χ4v) is 1.76. The van der Waals surface area contributed by atoms with Gasteiger partial charge in [0, 0.05) is 12.6 Å². The van der Waals surface area contributed by atoms with E-state index in [1.165, 1.54) is 11.8 Å². The highest BCUT2D eigenvalue weighted by molar-refractivity contribution is 5.74. The van der Waals surface area contributed by atoms with Crippen molar-refractivity contribution < 1.29 is 23.1 Å². The average molecular weight is 253 g/mol. The molecule has 0 bridgehead atoms. The maximum absolute atomic E-state index is 12.4. The van der Waals surface area contributed by atoms with Crippen molar-refractivity contribution in [1.29, 1.82) is 0 Å². The van der Waals surface area contributed by atoms with Crippen LogP contribution in [0.5, 0.6) is 0 Å². The average Bonchev–Trinajstić information content (AvgIpc) is 2.97. The molecule has 0 aromatic rings. The molecule has 1 unspecified atom stereocenters. The second-order valence-corrected chi connectivity index (χ2v) is 4.97. The molecule has 17 heavy (non-hydrogen) atoms. The summed E-state index contributed by atoms with van der Waals surface area (Å²) in [5.74, 6) is -1.03. The topological polar surface area (TPSA) is 40.5 Å². The van der Waals surface area contributed by atoms with Crippen molar-refractivity contribution in [3.05, 3.63) is 0 Å². The molecule has 1 N–H and O–H groups in total. The van der Waals surface area contributed by atoms with Crippen LogP contribution in [0.3, 0.4) is 0 Å². The number of rotatable bonds is 6. The molecule has 0 radical (unpaired) electrons. The van der Waals surface area contributed by atoms with E-state index in [9.17, 15) is 18.0 Å². The van der Waals surface area contributed by atoms with Crippen LogP contribution in [0.4, 0.5) is 13.2 Å². The van der Waals surface area contributed by atoms with E-state index in [0.29, 0.717) is 6.42 Å². The van der Waals surface area contributed by atoms with Crippen molar-refractivity contribution in [2.75, 3.05) is 13.1 Å². The van der Waals surface area contributed by atoms with Crippen molar-refractivity contribution >= 4 is 5.97 Å². The molecule has 0 heterocycles. The van der Waals surface area contributed by atoms with Crippen LogP contribution in [0.1, 0.15) is 33.1 Å². The third kappa shape index (κ3) is 4.18. The highest BCUT2D eigenvalue weighted by Crippen LogP contribution is 2.34. The summed E-state index contributed by atoms with van der Waals surface area (Å²) < 4.78 is 37.2. The Morgan fingerprint density at radius 1 is 1.35 bits per heavy atom. The molecule has 100 valence electrons. The van der Waals surface area contributed by atoms with Crippen LogP contribution in [-0.2, 0) is 4.79 Å². The Bertz CT molecular complexity index is 289. The summed E-state index contributed by atoms with van der Waals surface area (Å²) >= 11 is 0. The fraction of sp³-hybridized carbons (Fsp3) is 0.909. The Labute approximate surface area is 98.6 Å². The smallest absolute Gasteiger partial charge is 0.401 e. The van der Waals surface area contributed by atoms with Crippen LogP contribution in [0.2, 0.25) is 0 Å². The van der Waals surface area contributed by atoms with Gasteiger partial charge in [0.05, 0.1) is 12.0 Å². The number of halogens is 3. The number of aliphatic carboxylic acids is 1. The maximum Gasteiger partial charge on any atom is 0.401 e. The van der Waals surface area contributed by atoms with Gasteiger partial charge in [0.1, 0.15) is 0 Å². The number of carboxylic acids is 1. The minimum absolute atomic E-state index is 0.0387. The van der Waals surface area contributed by atoms with Crippen LogP contribution in [0.25, 0.3) is 0 Å². The molecule has 0 spiro atoms. The van der Waals surface area contributed by atoms with E-state index in [2.05, 4.69) is 0 Å². The van der Waals surface area contributed by atoms with Crippen molar-refractivity contribution in [2.24, 2.45) is 5.41 Å². The predicted octanol–water partition coefficient (Wildman–Crippen LogP) is 2.51. The maximum atomic E-state index is 12.4. The highest BCUT2D eigenvalue weighted by atomic mass is 19.4. The van der Waals surface area contributed by atoms with Gasteiger partial charge in [0.15, 0.2) is 0 Å². The lowest BCUT2D eigenvalue weighted by Gasteiger charge is -2.32. The first kappa shape index (κ1) is 14.3. The first-order chi connectivity index (χ1) is 7.68. The van der Waals surface area contributed by atoms with Gasteiger partial charge in [-0.3, -0.25) is 9.69 Å². The number of alkyl halides is 3.